The number of aliphatic carboxylic acids is 1. The maximum absolute atomic E-state index is 11.3. The van der Waals surface area contributed by atoms with E-state index in [1.165, 1.54) is 4.90 Å². The van der Waals surface area contributed by atoms with Crippen LogP contribution in [0.2, 0.25) is 0 Å². The Morgan fingerprint density at radius 2 is 2.16 bits per heavy atom. The minimum absolute atomic E-state index is 0.00672. The van der Waals surface area contributed by atoms with E-state index in [9.17, 15) is 9.90 Å². The number of carboxylic acid groups (broad SMARTS) is 1. The van der Waals surface area contributed by atoms with Crippen LogP contribution in [0.15, 0.2) is 48.5 Å². The van der Waals surface area contributed by atoms with Gasteiger partial charge in [-0.25, -0.2) is 0 Å². The molecule has 3 rings (SSSR count). The van der Waals surface area contributed by atoms with E-state index < -0.39 is 18.9 Å². The Hall–Kier alpha value is -2.59. The van der Waals surface area contributed by atoms with Gasteiger partial charge < -0.3 is 14.7 Å². The maximum atomic E-state index is 11.3. The number of hydrogen-bond acceptors (Lipinski definition) is 3. The standard InChI is InChI=1S/C21H23NO3/c1-22(2)11-5-8-18-17-7-4-3-6-16(17)14-25-20-10-9-15(12-19(18)20)13-21(23)24/h3-4,6-10,12H,5,11,13-14H2,1-2H3,(H,23,24)/b18-8+/i9D,10D,11D2,12D. The summed E-state index contributed by atoms with van der Waals surface area (Å²) in [5, 5.41) is 9.23. The topological polar surface area (TPSA) is 49.8 Å². The second-order valence-electron chi connectivity index (χ2n) is 5.95. The van der Waals surface area contributed by atoms with Gasteiger partial charge >= 0.3 is 5.97 Å². The first-order valence-corrected chi connectivity index (χ1v) is 7.98. The van der Waals surface area contributed by atoms with Crippen LogP contribution in [0.3, 0.4) is 0 Å². The lowest BCUT2D eigenvalue weighted by Crippen LogP contribution is -2.12. The lowest BCUT2D eigenvalue weighted by Gasteiger charge is -2.13. The Morgan fingerprint density at radius 3 is 2.92 bits per heavy atom. The van der Waals surface area contributed by atoms with Crippen LogP contribution in [0, 0.1) is 0 Å². The molecule has 0 amide bonds. The summed E-state index contributed by atoms with van der Waals surface area (Å²) in [5.41, 5.74) is 2.21. The van der Waals surface area contributed by atoms with E-state index in [-0.39, 0.29) is 48.0 Å². The van der Waals surface area contributed by atoms with E-state index in [0.29, 0.717) is 5.57 Å². The van der Waals surface area contributed by atoms with Crippen molar-refractivity contribution in [3.63, 3.8) is 0 Å². The largest absolute Gasteiger partial charge is 0.488 e. The molecule has 130 valence electrons. The van der Waals surface area contributed by atoms with Gasteiger partial charge in [-0.05, 0) is 54.9 Å². The van der Waals surface area contributed by atoms with Crippen molar-refractivity contribution in [3.8, 4) is 5.75 Å². The summed E-state index contributed by atoms with van der Waals surface area (Å²) in [4.78, 5) is 12.8. The molecule has 4 nitrogen and oxygen atoms in total. The molecule has 1 heterocycles. The van der Waals surface area contributed by atoms with E-state index >= 15 is 0 Å². The van der Waals surface area contributed by atoms with Gasteiger partial charge in [-0.3, -0.25) is 4.79 Å². The molecule has 25 heavy (non-hydrogen) atoms. The zero-order chi connectivity index (χ0) is 22.2. The van der Waals surface area contributed by atoms with Crippen molar-refractivity contribution in [3.05, 3.63) is 70.7 Å². The summed E-state index contributed by atoms with van der Waals surface area (Å²) in [6, 6.07) is 6.55. The third-order valence-corrected chi connectivity index (χ3v) is 3.82. The molecule has 1 N–H and O–H groups in total. The van der Waals surface area contributed by atoms with E-state index in [2.05, 4.69) is 0 Å². The number of hydrogen-bond donors (Lipinski definition) is 1. The molecular formula is C21H23NO3. The number of fused-ring (bicyclic) bond motifs is 2. The molecular weight excluding hydrogens is 314 g/mol. The van der Waals surface area contributed by atoms with E-state index in [1.807, 2.05) is 24.3 Å². The van der Waals surface area contributed by atoms with Gasteiger partial charge in [0.15, 0.2) is 0 Å². The highest BCUT2D eigenvalue weighted by molar-refractivity contribution is 5.85. The van der Waals surface area contributed by atoms with E-state index in [4.69, 9.17) is 11.6 Å². The number of rotatable bonds is 5. The molecule has 2 aromatic carbocycles. The van der Waals surface area contributed by atoms with Gasteiger partial charge in [0, 0.05) is 14.8 Å². The number of carbonyl (C=O) groups is 1. The molecule has 0 aliphatic carbocycles. The van der Waals surface area contributed by atoms with Crippen LogP contribution in [0.1, 0.15) is 35.5 Å². The minimum Gasteiger partial charge on any atom is -0.488 e. The Labute approximate surface area is 155 Å². The van der Waals surface area contributed by atoms with Gasteiger partial charge in [0.1, 0.15) is 12.4 Å². The zero-order valence-electron chi connectivity index (χ0n) is 19.2. The van der Waals surface area contributed by atoms with Crippen LogP contribution < -0.4 is 4.74 Å². The van der Waals surface area contributed by atoms with Crippen LogP contribution in [0.5, 0.6) is 5.75 Å². The first-order valence-electron chi connectivity index (χ1n) is 10.5. The number of benzene rings is 2. The smallest absolute Gasteiger partial charge is 0.307 e. The summed E-state index contributed by atoms with van der Waals surface area (Å²) < 4.78 is 47.5. The third kappa shape index (κ3) is 4.09. The Bertz CT molecular complexity index is 1030. The van der Waals surface area contributed by atoms with Crippen LogP contribution in [0.25, 0.3) is 5.57 Å². The van der Waals surface area contributed by atoms with Crippen molar-refractivity contribution in [2.45, 2.75) is 19.4 Å². The average molecular weight is 342 g/mol. The predicted molar refractivity (Wildman–Crippen MR) is 98.8 cm³/mol. The van der Waals surface area contributed by atoms with Crippen LogP contribution in [-0.2, 0) is 17.8 Å². The monoisotopic (exact) mass is 342 g/mol. The fourth-order valence-electron chi connectivity index (χ4n) is 2.71. The molecule has 0 radical (unpaired) electrons. The molecule has 1 aliphatic rings. The maximum Gasteiger partial charge on any atom is 0.307 e. The highest BCUT2D eigenvalue weighted by Gasteiger charge is 2.19. The van der Waals surface area contributed by atoms with Crippen molar-refractivity contribution >= 4 is 11.5 Å². The molecule has 1 aliphatic heterocycles. The molecule has 4 heteroatoms. The fraction of sp³-hybridized carbons (Fsp3) is 0.286. The molecule has 0 unspecified atom stereocenters. The van der Waals surface area contributed by atoms with Crippen LogP contribution >= 0.6 is 0 Å². The fourth-order valence-corrected chi connectivity index (χ4v) is 2.71. The van der Waals surface area contributed by atoms with Gasteiger partial charge in [-0.15, -0.1) is 0 Å². The Kier molecular flexibility index (Phi) is 3.58. The number of carboxylic acids is 1. The summed E-state index contributed by atoms with van der Waals surface area (Å²) >= 11 is 0. The van der Waals surface area contributed by atoms with Crippen molar-refractivity contribution in [1.82, 2.24) is 4.90 Å². The average Bonchev–Trinajstić information content (AvgIpc) is 2.85. The molecule has 0 atom stereocenters. The summed E-state index contributed by atoms with van der Waals surface area (Å²) in [6.07, 6.45) is 1.12. The Morgan fingerprint density at radius 1 is 1.36 bits per heavy atom. The van der Waals surface area contributed by atoms with E-state index in [0.717, 1.165) is 11.1 Å². The van der Waals surface area contributed by atoms with Gasteiger partial charge in [-0.2, -0.15) is 0 Å². The molecule has 0 aromatic heterocycles. The molecule has 0 saturated carbocycles. The van der Waals surface area contributed by atoms with Crippen LogP contribution in [0.4, 0.5) is 0 Å². The first kappa shape index (κ1) is 11.9. The number of nitrogens with zero attached hydrogens (tertiary/aromatic N) is 1. The zero-order valence-corrected chi connectivity index (χ0v) is 14.2. The summed E-state index contributed by atoms with van der Waals surface area (Å²) in [6.45, 7) is -1.52. The van der Waals surface area contributed by atoms with Crippen LogP contribution in [-0.4, -0.2) is 36.6 Å². The van der Waals surface area contributed by atoms with Gasteiger partial charge in [0.05, 0.1) is 10.5 Å². The summed E-state index contributed by atoms with van der Waals surface area (Å²) in [5.74, 6) is -1.15. The quantitative estimate of drug-likeness (QED) is 0.902. The van der Waals surface area contributed by atoms with Crippen molar-refractivity contribution < 1.29 is 21.5 Å². The Balaban J connectivity index is 2.31. The van der Waals surface area contributed by atoms with Crippen molar-refractivity contribution in [2.24, 2.45) is 0 Å². The van der Waals surface area contributed by atoms with E-state index in [1.54, 1.807) is 20.2 Å². The SMILES string of the molecule is [2H]c1c([2H])c2c(c([2H])c1CC(=O)O)/C(=C/CC([2H])([2H])N(C)C)c1ccccc1CO2. The van der Waals surface area contributed by atoms with Crippen molar-refractivity contribution in [1.29, 1.82) is 0 Å². The molecule has 2 aromatic rings. The highest BCUT2D eigenvalue weighted by atomic mass is 16.5. The molecule has 0 saturated heterocycles. The molecule has 0 fully saturated rings. The predicted octanol–water partition coefficient (Wildman–Crippen LogP) is 3.59. The normalized spacial score (nSPS) is 18.0. The number of ether oxygens (including phenoxy) is 1. The summed E-state index contributed by atoms with van der Waals surface area (Å²) in [7, 11) is 3.26. The third-order valence-electron chi connectivity index (χ3n) is 3.82. The lowest BCUT2D eigenvalue weighted by molar-refractivity contribution is -0.136. The van der Waals surface area contributed by atoms with Crippen molar-refractivity contribution in [2.75, 3.05) is 20.6 Å². The van der Waals surface area contributed by atoms with Gasteiger partial charge in [0.25, 0.3) is 0 Å². The second-order valence-corrected chi connectivity index (χ2v) is 5.95. The van der Waals surface area contributed by atoms with Gasteiger partial charge in [-0.1, -0.05) is 36.4 Å². The van der Waals surface area contributed by atoms with Gasteiger partial charge in [0.2, 0.25) is 0 Å². The molecule has 0 bridgehead atoms. The second kappa shape index (κ2) is 7.53. The highest BCUT2D eigenvalue weighted by Crippen LogP contribution is 2.37. The molecule has 0 spiro atoms. The lowest BCUT2D eigenvalue weighted by atomic mass is 9.92. The minimum atomic E-state index is -1.65. The first-order chi connectivity index (χ1) is 14.0.